The van der Waals surface area contributed by atoms with Crippen LogP contribution in [0.4, 0.5) is 4.39 Å². The van der Waals surface area contributed by atoms with Gasteiger partial charge in [-0.1, -0.05) is 35.9 Å². The van der Waals surface area contributed by atoms with Gasteiger partial charge in [0.15, 0.2) is 0 Å². The Hall–Kier alpha value is -1.72. The first kappa shape index (κ1) is 20.6. The topological polar surface area (TPSA) is 38.3 Å². The number of ether oxygens (including phenoxy) is 1. The molecule has 2 rings (SSSR count). The van der Waals surface area contributed by atoms with E-state index in [0.717, 1.165) is 24.2 Å². The zero-order valence-electron chi connectivity index (χ0n) is 14.8. The number of nitrogens with one attached hydrogen (secondary N) is 1. The van der Waals surface area contributed by atoms with Crippen molar-refractivity contribution in [2.24, 2.45) is 0 Å². The van der Waals surface area contributed by atoms with E-state index in [1.54, 1.807) is 12.1 Å². The third kappa shape index (κ3) is 6.89. The van der Waals surface area contributed by atoms with Gasteiger partial charge in [-0.2, -0.15) is 0 Å². The molecule has 0 radical (unpaired) electrons. The summed E-state index contributed by atoms with van der Waals surface area (Å²) in [6, 6.07) is 12.5. The molecule has 0 aliphatic heterocycles. The van der Waals surface area contributed by atoms with Crippen LogP contribution in [0.15, 0.2) is 42.5 Å². The number of aryl methyl sites for hydroxylation is 1. The minimum absolute atomic E-state index is 0.0394. The number of hydrogen-bond donors (Lipinski definition) is 1. The summed E-state index contributed by atoms with van der Waals surface area (Å²) in [5, 5.41) is 3.27. The molecule has 0 bridgehead atoms. The van der Waals surface area contributed by atoms with Crippen molar-refractivity contribution < 1.29 is 13.9 Å². The van der Waals surface area contributed by atoms with Gasteiger partial charge in [-0.05, 0) is 49.1 Å². The van der Waals surface area contributed by atoms with E-state index < -0.39 is 0 Å². The number of para-hydroxylation sites is 1. The highest BCUT2D eigenvalue weighted by Crippen LogP contribution is 2.20. The van der Waals surface area contributed by atoms with Crippen LogP contribution in [0, 0.1) is 5.82 Å². The fraction of sp³-hybridized carbons (Fsp3) is 0.350. The van der Waals surface area contributed by atoms with Crippen molar-refractivity contribution in [2.75, 3.05) is 18.9 Å². The number of halogens is 2. The van der Waals surface area contributed by atoms with E-state index in [-0.39, 0.29) is 11.7 Å². The summed E-state index contributed by atoms with van der Waals surface area (Å²) >= 11 is 7.11. The van der Waals surface area contributed by atoms with Gasteiger partial charge in [0, 0.05) is 17.3 Å². The quantitative estimate of drug-likeness (QED) is 0.584. The number of rotatable bonds is 10. The van der Waals surface area contributed by atoms with Gasteiger partial charge in [0.25, 0.3) is 0 Å². The molecule has 0 aromatic heterocycles. The average molecular weight is 396 g/mol. The maximum Gasteiger partial charge on any atom is 0.230 e. The Morgan fingerprint density at radius 2 is 2.04 bits per heavy atom. The monoisotopic (exact) mass is 395 g/mol. The van der Waals surface area contributed by atoms with Crippen LogP contribution in [0.3, 0.4) is 0 Å². The van der Waals surface area contributed by atoms with Crippen LogP contribution in [0.5, 0.6) is 5.75 Å². The van der Waals surface area contributed by atoms with Crippen LogP contribution in [0.2, 0.25) is 5.02 Å². The highest BCUT2D eigenvalue weighted by atomic mass is 35.5. The van der Waals surface area contributed by atoms with Gasteiger partial charge in [0.2, 0.25) is 5.91 Å². The Labute approximate surface area is 163 Å². The van der Waals surface area contributed by atoms with Crippen molar-refractivity contribution in [3.8, 4) is 5.75 Å². The van der Waals surface area contributed by atoms with Crippen molar-refractivity contribution >= 4 is 29.3 Å². The van der Waals surface area contributed by atoms with Gasteiger partial charge in [-0.3, -0.25) is 4.79 Å². The summed E-state index contributed by atoms with van der Waals surface area (Å²) in [6.07, 6.45) is 1.69. The molecule has 0 saturated carbocycles. The second-order valence-corrected chi connectivity index (χ2v) is 7.14. The Morgan fingerprint density at radius 3 is 2.81 bits per heavy atom. The van der Waals surface area contributed by atoms with Crippen LogP contribution in [0.25, 0.3) is 0 Å². The van der Waals surface area contributed by atoms with Gasteiger partial charge in [-0.15, -0.1) is 11.8 Å². The van der Waals surface area contributed by atoms with E-state index in [0.29, 0.717) is 35.2 Å². The van der Waals surface area contributed by atoms with Crippen LogP contribution in [-0.2, 0) is 17.0 Å². The lowest BCUT2D eigenvalue weighted by Crippen LogP contribution is -2.26. The van der Waals surface area contributed by atoms with Crippen LogP contribution >= 0.6 is 23.4 Å². The maximum atomic E-state index is 13.7. The summed E-state index contributed by atoms with van der Waals surface area (Å²) in [6.45, 7) is 3.21. The maximum absolute atomic E-state index is 13.7. The van der Waals surface area contributed by atoms with Gasteiger partial charge < -0.3 is 10.1 Å². The van der Waals surface area contributed by atoms with E-state index >= 15 is 0 Å². The molecule has 0 spiro atoms. The molecule has 2 aromatic carbocycles. The Balaban J connectivity index is 1.65. The van der Waals surface area contributed by atoms with Crippen LogP contribution < -0.4 is 10.1 Å². The second-order valence-electron chi connectivity index (χ2n) is 5.72. The first-order valence-electron chi connectivity index (χ1n) is 8.59. The molecule has 0 heterocycles. The number of carbonyl (C=O) groups excluding carboxylic acids is 1. The molecule has 2 aromatic rings. The standard InChI is InChI=1S/C20H23ClFNO2S/c1-2-25-19-8-4-3-6-15(19)7-5-11-23-20(24)14-26-13-16-9-10-17(21)12-18(16)22/h3-4,6,8-10,12H,2,5,7,11,13-14H2,1H3,(H,23,24). The molecule has 0 saturated heterocycles. The highest BCUT2D eigenvalue weighted by molar-refractivity contribution is 7.99. The summed E-state index contributed by atoms with van der Waals surface area (Å²) in [5.74, 6) is 1.28. The van der Waals surface area contributed by atoms with Crippen molar-refractivity contribution in [1.82, 2.24) is 5.32 Å². The lowest BCUT2D eigenvalue weighted by atomic mass is 10.1. The molecule has 140 valence electrons. The molecule has 3 nitrogen and oxygen atoms in total. The minimum atomic E-state index is -0.335. The number of thioether (sulfide) groups is 1. The molecule has 1 amide bonds. The third-order valence-electron chi connectivity index (χ3n) is 3.72. The molecule has 0 aliphatic rings. The fourth-order valence-electron chi connectivity index (χ4n) is 2.46. The number of benzene rings is 2. The van der Waals surface area contributed by atoms with Gasteiger partial charge in [0.1, 0.15) is 11.6 Å². The van der Waals surface area contributed by atoms with Gasteiger partial charge in [-0.25, -0.2) is 4.39 Å². The molecule has 0 unspecified atom stereocenters. The average Bonchev–Trinajstić information content (AvgIpc) is 2.62. The largest absolute Gasteiger partial charge is 0.494 e. The smallest absolute Gasteiger partial charge is 0.230 e. The van der Waals surface area contributed by atoms with Crippen molar-refractivity contribution in [3.63, 3.8) is 0 Å². The fourth-order valence-corrected chi connectivity index (χ4v) is 3.46. The van der Waals surface area contributed by atoms with Crippen LogP contribution in [0.1, 0.15) is 24.5 Å². The van der Waals surface area contributed by atoms with E-state index in [9.17, 15) is 9.18 Å². The third-order valence-corrected chi connectivity index (χ3v) is 4.94. The first-order chi connectivity index (χ1) is 12.6. The molecular weight excluding hydrogens is 373 g/mol. The number of carbonyl (C=O) groups is 1. The zero-order valence-corrected chi connectivity index (χ0v) is 16.3. The first-order valence-corrected chi connectivity index (χ1v) is 10.1. The molecule has 26 heavy (non-hydrogen) atoms. The zero-order chi connectivity index (χ0) is 18.8. The SMILES string of the molecule is CCOc1ccccc1CCCNC(=O)CSCc1ccc(Cl)cc1F. The predicted molar refractivity (Wildman–Crippen MR) is 107 cm³/mol. The van der Waals surface area contributed by atoms with Crippen molar-refractivity contribution in [2.45, 2.75) is 25.5 Å². The summed E-state index contributed by atoms with van der Waals surface area (Å²) in [5.41, 5.74) is 1.70. The summed E-state index contributed by atoms with van der Waals surface area (Å²) in [4.78, 5) is 11.9. The molecule has 1 N–H and O–H groups in total. The second kappa shape index (κ2) is 11.1. The normalized spacial score (nSPS) is 10.6. The van der Waals surface area contributed by atoms with Crippen molar-refractivity contribution in [1.29, 1.82) is 0 Å². The molecule has 0 aliphatic carbocycles. The molecule has 0 atom stereocenters. The number of amides is 1. The summed E-state index contributed by atoms with van der Waals surface area (Å²) < 4.78 is 19.3. The Morgan fingerprint density at radius 1 is 1.23 bits per heavy atom. The summed E-state index contributed by atoms with van der Waals surface area (Å²) in [7, 11) is 0. The predicted octanol–water partition coefficient (Wildman–Crippen LogP) is 4.86. The van der Waals surface area contributed by atoms with E-state index in [2.05, 4.69) is 5.32 Å². The van der Waals surface area contributed by atoms with E-state index in [4.69, 9.17) is 16.3 Å². The highest BCUT2D eigenvalue weighted by Gasteiger charge is 2.06. The van der Waals surface area contributed by atoms with Gasteiger partial charge in [0.05, 0.1) is 12.4 Å². The Bertz CT molecular complexity index is 727. The molecule has 6 heteroatoms. The van der Waals surface area contributed by atoms with Crippen molar-refractivity contribution in [3.05, 3.63) is 64.4 Å². The molecular formula is C20H23ClFNO2S. The van der Waals surface area contributed by atoms with Crippen LogP contribution in [-0.4, -0.2) is 24.8 Å². The lowest BCUT2D eigenvalue weighted by molar-refractivity contribution is -0.118. The molecule has 0 fully saturated rings. The Kier molecular flexibility index (Phi) is 8.78. The van der Waals surface area contributed by atoms with E-state index in [1.165, 1.54) is 17.8 Å². The van der Waals surface area contributed by atoms with Gasteiger partial charge >= 0.3 is 0 Å². The number of hydrogen-bond acceptors (Lipinski definition) is 3. The lowest BCUT2D eigenvalue weighted by Gasteiger charge is -2.10. The minimum Gasteiger partial charge on any atom is -0.494 e. The van der Waals surface area contributed by atoms with E-state index in [1.807, 2.05) is 31.2 Å².